The van der Waals surface area contributed by atoms with Gasteiger partial charge in [0.2, 0.25) is 0 Å². The minimum Gasteiger partial charge on any atom is -0.360 e. The molecule has 2 aliphatic carbocycles. The first-order valence-electron chi connectivity index (χ1n) is 33.6. The number of anilines is 6. The second-order valence-corrected chi connectivity index (χ2v) is 27.0. The van der Waals surface area contributed by atoms with Crippen LogP contribution in [0.25, 0.3) is 43.8 Å². The minimum absolute atomic E-state index is 0.160. The molecule has 0 amide bonds. The molecule has 2 saturated carbocycles. The molecule has 0 unspecified atom stereocenters. The van der Waals surface area contributed by atoms with Gasteiger partial charge in [0, 0.05) is 33.9 Å². The van der Waals surface area contributed by atoms with E-state index >= 15 is 0 Å². The van der Waals surface area contributed by atoms with Gasteiger partial charge in [-0.25, -0.2) is 0 Å². The number of benzene rings is 9. The van der Waals surface area contributed by atoms with Crippen molar-refractivity contribution in [2.45, 2.75) is 205 Å². The van der Waals surface area contributed by atoms with E-state index < -0.39 is 0 Å². The van der Waals surface area contributed by atoms with Gasteiger partial charge >= 0.3 is 0 Å². The van der Waals surface area contributed by atoms with Crippen LogP contribution in [0.2, 0.25) is 0 Å². The molecule has 0 saturated heterocycles. The third-order valence-electron chi connectivity index (χ3n) is 20.4. The van der Waals surface area contributed by atoms with Crippen LogP contribution in [0.4, 0.5) is 34.1 Å². The van der Waals surface area contributed by atoms with Gasteiger partial charge < -0.3 is 19.3 Å². The number of unbranched alkanes of at least 4 members (excludes halogenated alkanes) is 10. The maximum Gasteiger partial charge on any atom is 0.0946 e. The van der Waals surface area contributed by atoms with Gasteiger partial charge in [-0.1, -0.05) is 213 Å². The second kappa shape index (κ2) is 24.7. The van der Waals surface area contributed by atoms with Gasteiger partial charge in [-0.2, -0.15) is 0 Å². The van der Waals surface area contributed by atoms with Crippen molar-refractivity contribution in [1.29, 1.82) is 0 Å². The molecule has 2 aliphatic heterocycles. The Morgan fingerprint density at radius 2 is 0.709 bits per heavy atom. The third-order valence-corrected chi connectivity index (χ3v) is 20.4. The van der Waals surface area contributed by atoms with E-state index in [-0.39, 0.29) is 22.4 Å². The van der Waals surface area contributed by atoms with E-state index in [1.807, 2.05) is 0 Å². The largest absolute Gasteiger partial charge is 0.360 e. The molecule has 0 atom stereocenters. The highest BCUT2D eigenvalue weighted by Crippen LogP contribution is 2.58. The molecule has 2 heterocycles. The van der Waals surface area contributed by atoms with Gasteiger partial charge in [0.05, 0.1) is 33.8 Å². The van der Waals surface area contributed by atoms with Crippen molar-refractivity contribution in [3.63, 3.8) is 0 Å². The van der Waals surface area contributed by atoms with Gasteiger partial charge in [0.15, 0.2) is 0 Å². The Kier molecular flexibility index (Phi) is 16.6. The van der Waals surface area contributed by atoms with E-state index in [1.165, 1.54) is 203 Å². The minimum atomic E-state index is -0.357. The summed E-state index contributed by atoms with van der Waals surface area (Å²) in [6.07, 6.45) is 26.6. The zero-order valence-corrected chi connectivity index (χ0v) is 52.6. The predicted octanol–water partition coefficient (Wildman–Crippen LogP) is 24.1. The molecule has 4 nitrogen and oxygen atoms in total. The van der Waals surface area contributed by atoms with Gasteiger partial charge in [0.1, 0.15) is 0 Å². The predicted molar refractivity (Wildman–Crippen MR) is 364 cm³/mol. The summed E-state index contributed by atoms with van der Waals surface area (Å²) < 4.78 is 14.1. The molecule has 9 aromatic carbocycles. The highest BCUT2D eigenvalue weighted by molar-refractivity contribution is 6.13. The van der Waals surface area contributed by atoms with Crippen LogP contribution < -0.4 is 9.80 Å². The Balaban J connectivity index is 0.977. The Labute approximate surface area is 515 Å². The first kappa shape index (κ1) is 58.1. The fraction of sp³-hybridized carbons (Fsp3) is 0.390. The van der Waals surface area contributed by atoms with Crippen molar-refractivity contribution in [1.82, 2.24) is 0 Å². The number of para-hydroxylation sites is 4. The van der Waals surface area contributed by atoms with Crippen molar-refractivity contribution >= 4 is 55.7 Å². The molecule has 13 rings (SSSR count). The number of hydrogen-bond acceptors (Lipinski definition) is 4. The van der Waals surface area contributed by atoms with Gasteiger partial charge in [-0.3, -0.25) is 0 Å². The lowest BCUT2D eigenvalue weighted by Gasteiger charge is -2.30. The highest BCUT2D eigenvalue weighted by Gasteiger charge is 2.51. The summed E-state index contributed by atoms with van der Waals surface area (Å²) >= 11 is 0. The van der Waals surface area contributed by atoms with E-state index in [0.29, 0.717) is 0 Å². The Morgan fingerprint density at radius 3 is 1.12 bits per heavy atom. The summed E-state index contributed by atoms with van der Waals surface area (Å²) in [6, 6.07) is 69.9. The summed E-state index contributed by atoms with van der Waals surface area (Å²) in [4.78, 5) is 5.07. The average Bonchev–Trinajstić information content (AvgIpc) is 1.45. The van der Waals surface area contributed by atoms with E-state index in [0.717, 1.165) is 49.9 Å². The van der Waals surface area contributed by atoms with Crippen molar-refractivity contribution in [3.8, 4) is 22.3 Å². The van der Waals surface area contributed by atoms with Crippen LogP contribution in [0.5, 0.6) is 0 Å². The molecule has 4 heteroatoms. The summed E-state index contributed by atoms with van der Waals surface area (Å²) in [5.74, 6) is 0. The van der Waals surface area contributed by atoms with E-state index in [9.17, 15) is 0 Å². The summed E-state index contributed by atoms with van der Waals surface area (Å²) in [7, 11) is 0. The molecular weight excluding hydrogens is 1040 g/mol. The van der Waals surface area contributed by atoms with Gasteiger partial charge in [-0.05, 0) is 218 Å². The molecule has 4 aliphatic rings. The Hall–Kier alpha value is -6.98. The van der Waals surface area contributed by atoms with Crippen molar-refractivity contribution < 1.29 is 9.47 Å². The van der Waals surface area contributed by atoms with E-state index in [4.69, 9.17) is 9.47 Å². The molecule has 86 heavy (non-hydrogen) atoms. The molecule has 0 bridgehead atoms. The second-order valence-electron chi connectivity index (χ2n) is 27.0. The topological polar surface area (TPSA) is 24.9 Å². The highest BCUT2D eigenvalue weighted by atomic mass is 16.5. The standard InChI is InChI=1S/C82H92N2O2/c1-7-9-11-13-15-23-39-67-68(40-24-16-14-12-10-8-2)72-58-64(84(62-35-21-18-22-36-62)78-42-28-26-38-66(78)60-44-50-74-76(56-60)80(5,6)86-82(74)53-31-32-54-82)46-48-70(72)69-47-45-63(57-71(67)69)83(61-33-19-17-20-34-61)77-41-27-25-37-65(77)59-43-49-73-75(55-59)79(3,4)85-81(73)51-29-30-52-81/h17-22,25-28,33-38,41-50,55-58H,7-16,23-24,29-32,39-40,51-54H2,1-6H3. The van der Waals surface area contributed by atoms with Crippen molar-refractivity contribution in [2.24, 2.45) is 0 Å². The van der Waals surface area contributed by atoms with Crippen LogP contribution in [0.3, 0.4) is 0 Å². The number of hydrogen-bond donors (Lipinski definition) is 0. The number of ether oxygens (including phenoxy) is 2. The smallest absolute Gasteiger partial charge is 0.0946 e. The van der Waals surface area contributed by atoms with Gasteiger partial charge in [-0.15, -0.1) is 0 Å². The number of rotatable bonds is 22. The van der Waals surface area contributed by atoms with E-state index in [2.05, 4.69) is 233 Å². The number of aryl methyl sites for hydroxylation is 2. The van der Waals surface area contributed by atoms with E-state index in [1.54, 1.807) is 0 Å². The lowest BCUT2D eigenvalue weighted by atomic mass is 9.85. The lowest BCUT2D eigenvalue weighted by Crippen LogP contribution is -2.25. The van der Waals surface area contributed by atoms with Crippen molar-refractivity contribution in [3.05, 3.63) is 215 Å². The van der Waals surface area contributed by atoms with Crippen LogP contribution in [-0.2, 0) is 44.7 Å². The molecule has 442 valence electrons. The van der Waals surface area contributed by atoms with Crippen LogP contribution in [-0.4, -0.2) is 0 Å². The number of fused-ring (bicyclic) bond motifs is 7. The molecule has 0 radical (unpaired) electrons. The van der Waals surface area contributed by atoms with Gasteiger partial charge in [0.25, 0.3) is 0 Å². The third kappa shape index (κ3) is 11.0. The summed E-state index contributed by atoms with van der Waals surface area (Å²) in [6.45, 7) is 13.8. The molecular formula is C82H92N2O2. The normalized spacial score (nSPS) is 16.8. The van der Waals surface area contributed by atoms with Crippen molar-refractivity contribution in [2.75, 3.05) is 9.80 Å². The fourth-order valence-corrected chi connectivity index (χ4v) is 16.3. The lowest BCUT2D eigenvalue weighted by molar-refractivity contribution is -0.122. The monoisotopic (exact) mass is 1140 g/mol. The maximum absolute atomic E-state index is 7.06. The molecule has 2 fully saturated rings. The Bertz CT molecular complexity index is 3590. The van der Waals surface area contributed by atoms with Crippen LogP contribution in [0.15, 0.2) is 182 Å². The summed E-state index contributed by atoms with van der Waals surface area (Å²) in [5.41, 5.74) is 19.4. The maximum atomic E-state index is 7.06. The van der Waals surface area contributed by atoms with Crippen LogP contribution in [0, 0.1) is 0 Å². The zero-order valence-electron chi connectivity index (χ0n) is 52.6. The first-order chi connectivity index (χ1) is 42.0. The quantitative estimate of drug-likeness (QED) is 0.0499. The molecule has 0 N–H and O–H groups in total. The van der Waals surface area contributed by atoms with Crippen LogP contribution >= 0.6 is 0 Å². The Morgan fingerprint density at radius 1 is 0.337 bits per heavy atom. The SMILES string of the molecule is CCCCCCCCc1c(CCCCCCCC)c2cc(N(c3ccccc3)c3ccccc3-c3ccc4c(c3)C(C)(C)OC43CCCC3)ccc2c2ccc(N(c3ccccc3)c3ccccc3-c3ccc4c(c3)C(C)(C)OC43CCCC3)cc12. The molecule has 0 aromatic heterocycles. The van der Waals surface area contributed by atoms with Crippen LogP contribution in [0.1, 0.15) is 203 Å². The summed E-state index contributed by atoms with van der Waals surface area (Å²) in [5, 5.41) is 5.45. The average molecular weight is 1140 g/mol. The first-order valence-corrected chi connectivity index (χ1v) is 33.6. The zero-order chi connectivity index (χ0) is 58.9. The molecule has 2 spiro atoms. The molecule has 9 aromatic rings. The fourth-order valence-electron chi connectivity index (χ4n) is 16.3. The number of nitrogens with zero attached hydrogens (tertiary/aromatic N) is 2.